The number of hydrogen-bond acceptors (Lipinski definition) is 0. The van der Waals surface area contributed by atoms with E-state index < -0.39 is 0 Å². The minimum Gasteiger partial charge on any atom is -0.123 e. The Bertz CT molecular complexity index is 253. The lowest BCUT2D eigenvalue weighted by Gasteiger charge is -2.16. The van der Waals surface area contributed by atoms with Gasteiger partial charge in [0.05, 0.1) is 0 Å². The summed E-state index contributed by atoms with van der Waals surface area (Å²) in [7, 11) is 0. The van der Waals surface area contributed by atoms with Gasteiger partial charge in [-0.05, 0) is 30.9 Å². The third-order valence-electron chi connectivity index (χ3n) is 2.37. The van der Waals surface area contributed by atoms with Crippen LogP contribution in [0, 0.1) is 6.92 Å². The Morgan fingerprint density at radius 3 is 2.25 bits per heavy atom. The van der Waals surface area contributed by atoms with Crippen molar-refractivity contribution in [3.8, 4) is 0 Å². The summed E-state index contributed by atoms with van der Waals surface area (Å²) in [4.78, 5) is 0. The van der Waals surface area contributed by atoms with Gasteiger partial charge in [-0.25, -0.2) is 0 Å². The molecule has 66 valence electrons. The molecule has 0 saturated carbocycles. The van der Waals surface area contributed by atoms with Crippen LogP contribution in [-0.2, 0) is 0 Å². The Morgan fingerprint density at radius 2 is 1.75 bits per heavy atom. The van der Waals surface area contributed by atoms with Crippen LogP contribution in [0.5, 0.6) is 0 Å². The van der Waals surface area contributed by atoms with Crippen molar-refractivity contribution in [2.24, 2.45) is 0 Å². The van der Waals surface area contributed by atoms with Crippen LogP contribution < -0.4 is 0 Å². The van der Waals surface area contributed by atoms with Gasteiger partial charge in [-0.1, -0.05) is 31.2 Å². The van der Waals surface area contributed by atoms with Gasteiger partial charge in [-0.2, -0.15) is 0 Å². The number of halogens is 1. The summed E-state index contributed by atoms with van der Waals surface area (Å²) in [6.07, 6.45) is 0. The molecule has 0 aromatic heterocycles. The lowest BCUT2D eigenvalue weighted by atomic mass is 9.94. The van der Waals surface area contributed by atoms with Crippen molar-refractivity contribution in [3.05, 3.63) is 35.4 Å². The molecule has 1 aromatic carbocycles. The summed E-state index contributed by atoms with van der Waals surface area (Å²) >= 11 is 6.03. The van der Waals surface area contributed by atoms with Gasteiger partial charge in [0, 0.05) is 5.38 Å². The van der Waals surface area contributed by atoms with Crippen LogP contribution in [-0.4, -0.2) is 5.38 Å². The minimum absolute atomic E-state index is 0.200. The zero-order chi connectivity index (χ0) is 9.14. The summed E-state index contributed by atoms with van der Waals surface area (Å²) in [5.74, 6) is 0.438. The monoisotopic (exact) mass is 182 g/mol. The van der Waals surface area contributed by atoms with Crippen LogP contribution in [0.4, 0.5) is 0 Å². The Labute approximate surface area is 79.6 Å². The van der Waals surface area contributed by atoms with Crippen molar-refractivity contribution < 1.29 is 0 Å². The van der Waals surface area contributed by atoms with Crippen molar-refractivity contribution in [1.29, 1.82) is 0 Å². The van der Waals surface area contributed by atoms with E-state index in [9.17, 15) is 0 Å². The predicted octanol–water partition coefficient (Wildman–Crippen LogP) is 3.73. The SMILES string of the molecule is Cc1ccccc1C(C)C(C)Cl. The molecule has 2 atom stereocenters. The second-order valence-electron chi connectivity index (χ2n) is 3.32. The first kappa shape index (κ1) is 9.60. The summed E-state index contributed by atoms with van der Waals surface area (Å²) in [6.45, 7) is 6.34. The van der Waals surface area contributed by atoms with Crippen molar-refractivity contribution >= 4 is 11.6 Å². The van der Waals surface area contributed by atoms with Crippen molar-refractivity contribution in [1.82, 2.24) is 0 Å². The second kappa shape index (κ2) is 3.95. The van der Waals surface area contributed by atoms with E-state index in [4.69, 9.17) is 11.6 Å². The zero-order valence-electron chi connectivity index (χ0n) is 7.84. The van der Waals surface area contributed by atoms with E-state index in [0.29, 0.717) is 5.92 Å². The molecule has 0 heterocycles. The number of hydrogen-bond donors (Lipinski definition) is 0. The van der Waals surface area contributed by atoms with Gasteiger partial charge in [0.15, 0.2) is 0 Å². The average molecular weight is 183 g/mol. The lowest BCUT2D eigenvalue weighted by molar-refractivity contribution is 0.737. The molecule has 0 fully saturated rings. The third-order valence-corrected chi connectivity index (χ3v) is 2.75. The van der Waals surface area contributed by atoms with Gasteiger partial charge in [0.25, 0.3) is 0 Å². The molecule has 1 rings (SSSR count). The van der Waals surface area contributed by atoms with Crippen LogP contribution in [0.15, 0.2) is 24.3 Å². The van der Waals surface area contributed by atoms with E-state index in [2.05, 4.69) is 38.1 Å². The number of benzene rings is 1. The van der Waals surface area contributed by atoms with Crippen LogP contribution in [0.2, 0.25) is 0 Å². The maximum Gasteiger partial charge on any atom is 0.0373 e. The molecule has 1 heteroatoms. The summed E-state index contributed by atoms with van der Waals surface area (Å²) in [6, 6.07) is 8.41. The molecule has 12 heavy (non-hydrogen) atoms. The molecule has 0 spiro atoms. The molecule has 0 aliphatic rings. The quantitative estimate of drug-likeness (QED) is 0.612. The first-order valence-corrected chi connectivity index (χ1v) is 4.76. The van der Waals surface area contributed by atoms with Gasteiger partial charge in [0.1, 0.15) is 0 Å². The van der Waals surface area contributed by atoms with Crippen molar-refractivity contribution in [2.75, 3.05) is 0 Å². The van der Waals surface area contributed by atoms with E-state index in [1.165, 1.54) is 11.1 Å². The molecule has 0 amide bonds. The molecular formula is C11H15Cl. The second-order valence-corrected chi connectivity index (χ2v) is 4.01. The molecule has 0 bridgehead atoms. The van der Waals surface area contributed by atoms with E-state index in [1.54, 1.807) is 0 Å². The highest BCUT2D eigenvalue weighted by atomic mass is 35.5. The maximum absolute atomic E-state index is 6.03. The van der Waals surface area contributed by atoms with Gasteiger partial charge >= 0.3 is 0 Å². The van der Waals surface area contributed by atoms with Crippen molar-refractivity contribution in [3.63, 3.8) is 0 Å². The first-order chi connectivity index (χ1) is 5.63. The Kier molecular flexibility index (Phi) is 3.16. The van der Waals surface area contributed by atoms with Gasteiger partial charge in [0.2, 0.25) is 0 Å². The van der Waals surface area contributed by atoms with Crippen LogP contribution >= 0.6 is 11.6 Å². The van der Waals surface area contributed by atoms with Crippen molar-refractivity contribution in [2.45, 2.75) is 32.1 Å². The number of aryl methyl sites for hydroxylation is 1. The molecular weight excluding hydrogens is 168 g/mol. The van der Waals surface area contributed by atoms with Crippen LogP contribution in [0.25, 0.3) is 0 Å². The zero-order valence-corrected chi connectivity index (χ0v) is 8.60. The highest BCUT2D eigenvalue weighted by Gasteiger charge is 2.12. The topological polar surface area (TPSA) is 0 Å². The number of rotatable bonds is 2. The highest BCUT2D eigenvalue weighted by molar-refractivity contribution is 6.20. The molecule has 0 N–H and O–H groups in total. The molecule has 0 aliphatic heterocycles. The molecule has 1 aromatic rings. The van der Waals surface area contributed by atoms with Gasteiger partial charge in [-0.3, -0.25) is 0 Å². The minimum atomic E-state index is 0.200. The van der Waals surface area contributed by atoms with E-state index >= 15 is 0 Å². The summed E-state index contributed by atoms with van der Waals surface area (Å²) in [5, 5.41) is 0.200. The Morgan fingerprint density at radius 1 is 1.17 bits per heavy atom. The fraction of sp³-hybridized carbons (Fsp3) is 0.455. The normalized spacial score (nSPS) is 15.7. The summed E-state index contributed by atoms with van der Waals surface area (Å²) < 4.78 is 0. The van der Waals surface area contributed by atoms with E-state index in [0.717, 1.165) is 0 Å². The molecule has 0 radical (unpaired) electrons. The maximum atomic E-state index is 6.03. The summed E-state index contributed by atoms with van der Waals surface area (Å²) in [5.41, 5.74) is 2.69. The molecule has 2 unspecified atom stereocenters. The molecule has 0 saturated heterocycles. The van der Waals surface area contributed by atoms with Crippen LogP contribution in [0.3, 0.4) is 0 Å². The molecule has 0 aliphatic carbocycles. The highest BCUT2D eigenvalue weighted by Crippen LogP contribution is 2.25. The Balaban J connectivity index is 2.94. The predicted molar refractivity (Wildman–Crippen MR) is 54.9 cm³/mol. The largest absolute Gasteiger partial charge is 0.123 e. The standard InChI is InChI=1S/C11H15Cl/c1-8-6-4-5-7-11(8)9(2)10(3)12/h4-7,9-10H,1-3H3. The smallest absolute Gasteiger partial charge is 0.0373 e. The Hall–Kier alpha value is -0.490. The van der Waals surface area contributed by atoms with E-state index in [1.807, 2.05) is 6.92 Å². The molecule has 0 nitrogen and oxygen atoms in total. The lowest BCUT2D eigenvalue weighted by Crippen LogP contribution is -2.06. The fourth-order valence-electron chi connectivity index (χ4n) is 1.35. The fourth-order valence-corrected chi connectivity index (χ4v) is 1.48. The van der Waals surface area contributed by atoms with Gasteiger partial charge < -0.3 is 0 Å². The average Bonchev–Trinajstić information content (AvgIpc) is 2.04. The first-order valence-electron chi connectivity index (χ1n) is 4.32. The number of alkyl halides is 1. The third kappa shape index (κ3) is 2.01. The van der Waals surface area contributed by atoms with E-state index in [-0.39, 0.29) is 5.38 Å². The van der Waals surface area contributed by atoms with Gasteiger partial charge in [-0.15, -0.1) is 11.6 Å². The van der Waals surface area contributed by atoms with Crippen LogP contribution in [0.1, 0.15) is 30.9 Å².